The second-order valence-corrected chi connectivity index (χ2v) is 6.39. The number of hydrogen-bond acceptors (Lipinski definition) is 2. The Morgan fingerprint density at radius 1 is 1.35 bits per heavy atom. The lowest BCUT2D eigenvalue weighted by molar-refractivity contribution is -0.116. The van der Waals surface area contributed by atoms with Gasteiger partial charge in [-0.1, -0.05) is 28.9 Å². The molecule has 1 unspecified atom stereocenters. The predicted octanol–water partition coefficient (Wildman–Crippen LogP) is 3.44. The fourth-order valence-electron chi connectivity index (χ4n) is 1.87. The maximum Gasteiger partial charge on any atom is 0.226 e. The summed E-state index contributed by atoms with van der Waals surface area (Å²) in [6, 6.07) is 6.19. The minimum atomic E-state index is -0.0330. The van der Waals surface area contributed by atoms with E-state index in [2.05, 4.69) is 50.7 Å². The van der Waals surface area contributed by atoms with E-state index in [4.69, 9.17) is 0 Å². The number of rotatable bonds is 7. The molecule has 0 aliphatic heterocycles. The second kappa shape index (κ2) is 10.3. The average molecular weight is 383 g/mol. The van der Waals surface area contributed by atoms with E-state index in [0.29, 0.717) is 19.0 Å². The van der Waals surface area contributed by atoms with Crippen molar-refractivity contribution >= 4 is 33.5 Å². The summed E-state index contributed by atoms with van der Waals surface area (Å²) < 4.78 is 0.948. The molecule has 1 aromatic carbocycles. The van der Waals surface area contributed by atoms with Crippen molar-refractivity contribution in [2.24, 2.45) is 4.99 Å². The quantitative estimate of drug-likeness (QED) is 0.499. The first-order valence-corrected chi connectivity index (χ1v) is 8.86. The summed E-state index contributed by atoms with van der Waals surface area (Å²) >= 11 is 3.42. The van der Waals surface area contributed by atoms with Crippen molar-refractivity contribution in [2.45, 2.75) is 46.6 Å². The summed E-state index contributed by atoms with van der Waals surface area (Å²) in [6.45, 7) is 9.47. The van der Waals surface area contributed by atoms with Crippen molar-refractivity contribution in [3.05, 3.63) is 28.2 Å². The molecule has 0 spiro atoms. The minimum absolute atomic E-state index is 0.0330. The molecule has 0 aromatic heterocycles. The first-order valence-electron chi connectivity index (χ1n) is 8.07. The van der Waals surface area contributed by atoms with Crippen LogP contribution in [-0.2, 0) is 4.79 Å². The van der Waals surface area contributed by atoms with Crippen molar-refractivity contribution in [3.63, 3.8) is 0 Å². The van der Waals surface area contributed by atoms with Crippen LogP contribution >= 0.6 is 15.9 Å². The molecule has 1 rings (SSSR count). The van der Waals surface area contributed by atoms with Gasteiger partial charge in [-0.2, -0.15) is 0 Å². The zero-order valence-electron chi connectivity index (χ0n) is 14.4. The normalized spacial score (nSPS) is 12.7. The number of benzene rings is 1. The molecule has 0 aliphatic rings. The first-order chi connectivity index (χ1) is 11.0. The molecule has 0 heterocycles. The van der Waals surface area contributed by atoms with Crippen LogP contribution in [0, 0.1) is 6.92 Å². The van der Waals surface area contributed by atoms with E-state index in [1.807, 2.05) is 32.0 Å². The maximum absolute atomic E-state index is 12.1. The van der Waals surface area contributed by atoms with Crippen LogP contribution in [0.15, 0.2) is 27.7 Å². The Morgan fingerprint density at radius 2 is 2.09 bits per heavy atom. The van der Waals surface area contributed by atoms with Crippen LogP contribution in [0.25, 0.3) is 0 Å². The van der Waals surface area contributed by atoms with Gasteiger partial charge in [0.25, 0.3) is 0 Å². The Kier molecular flexibility index (Phi) is 8.69. The fourth-order valence-corrected chi connectivity index (χ4v) is 2.23. The van der Waals surface area contributed by atoms with Gasteiger partial charge in [0, 0.05) is 29.2 Å². The van der Waals surface area contributed by atoms with Gasteiger partial charge in [0.1, 0.15) is 0 Å². The highest BCUT2D eigenvalue weighted by Gasteiger charge is 2.06. The number of carbonyl (C=O) groups excluding carboxylic acids is 1. The number of amides is 1. The van der Waals surface area contributed by atoms with Crippen molar-refractivity contribution in [2.75, 3.05) is 18.4 Å². The Morgan fingerprint density at radius 3 is 2.74 bits per heavy atom. The van der Waals surface area contributed by atoms with Crippen LogP contribution < -0.4 is 16.0 Å². The molecule has 1 amide bonds. The standard InChI is InChI=1S/C17H27BrN4O/c1-5-13(4)21-17(19-6-2)20-10-9-16(23)22-15-11-14(18)8-7-12(15)3/h7-8,11,13H,5-6,9-10H2,1-4H3,(H,22,23)(H2,19,20,21). The average Bonchev–Trinajstić information content (AvgIpc) is 2.51. The van der Waals surface area contributed by atoms with Gasteiger partial charge in [0.2, 0.25) is 5.91 Å². The number of anilines is 1. The van der Waals surface area contributed by atoms with Gasteiger partial charge in [-0.15, -0.1) is 0 Å². The summed E-state index contributed by atoms with van der Waals surface area (Å²) in [4.78, 5) is 16.5. The lowest BCUT2D eigenvalue weighted by atomic mass is 10.2. The number of carbonyl (C=O) groups is 1. The number of nitrogens with one attached hydrogen (secondary N) is 3. The highest BCUT2D eigenvalue weighted by molar-refractivity contribution is 9.10. The summed E-state index contributed by atoms with van der Waals surface area (Å²) in [5.74, 6) is 0.725. The van der Waals surface area contributed by atoms with E-state index in [9.17, 15) is 4.79 Å². The van der Waals surface area contributed by atoms with Crippen LogP contribution in [0.1, 0.15) is 39.2 Å². The lowest BCUT2D eigenvalue weighted by Gasteiger charge is -2.16. The Labute approximate surface area is 147 Å². The number of aliphatic imine (C=N–C) groups is 1. The molecule has 3 N–H and O–H groups in total. The van der Waals surface area contributed by atoms with Crippen molar-refractivity contribution in [1.82, 2.24) is 10.6 Å². The highest BCUT2D eigenvalue weighted by atomic mass is 79.9. The molecule has 0 aliphatic carbocycles. The molecule has 0 radical (unpaired) electrons. The van der Waals surface area contributed by atoms with Gasteiger partial charge >= 0.3 is 0 Å². The maximum atomic E-state index is 12.1. The molecular formula is C17H27BrN4O. The van der Waals surface area contributed by atoms with Crippen molar-refractivity contribution in [1.29, 1.82) is 0 Å². The largest absolute Gasteiger partial charge is 0.357 e. The molecular weight excluding hydrogens is 356 g/mol. The molecule has 5 nitrogen and oxygen atoms in total. The van der Waals surface area contributed by atoms with Crippen LogP contribution in [0.2, 0.25) is 0 Å². The first kappa shape index (κ1) is 19.5. The number of aryl methyl sites for hydroxylation is 1. The van der Waals surface area contributed by atoms with Gasteiger partial charge in [-0.25, -0.2) is 0 Å². The molecule has 0 saturated carbocycles. The molecule has 0 fully saturated rings. The fraction of sp³-hybridized carbons (Fsp3) is 0.529. The van der Waals surface area contributed by atoms with E-state index in [0.717, 1.165) is 34.6 Å². The Balaban J connectivity index is 2.53. The molecule has 1 aromatic rings. The Hall–Kier alpha value is -1.56. The molecule has 23 heavy (non-hydrogen) atoms. The molecule has 0 saturated heterocycles. The van der Waals surface area contributed by atoms with Crippen molar-refractivity contribution < 1.29 is 4.79 Å². The zero-order valence-corrected chi connectivity index (χ0v) is 16.0. The number of halogens is 1. The molecule has 128 valence electrons. The molecule has 0 bridgehead atoms. The SMILES string of the molecule is CCNC(=NCCC(=O)Nc1cc(Br)ccc1C)NC(C)CC. The second-order valence-electron chi connectivity index (χ2n) is 5.47. The van der Waals surface area contributed by atoms with Gasteiger partial charge in [-0.3, -0.25) is 9.79 Å². The van der Waals surface area contributed by atoms with Gasteiger partial charge in [0.15, 0.2) is 5.96 Å². The lowest BCUT2D eigenvalue weighted by Crippen LogP contribution is -2.42. The monoisotopic (exact) mass is 382 g/mol. The Bertz CT molecular complexity index is 545. The van der Waals surface area contributed by atoms with E-state index in [1.54, 1.807) is 0 Å². The van der Waals surface area contributed by atoms with E-state index >= 15 is 0 Å². The van der Waals surface area contributed by atoms with Crippen LogP contribution in [-0.4, -0.2) is 31.0 Å². The third-order valence-corrected chi connectivity index (χ3v) is 3.92. The van der Waals surface area contributed by atoms with Gasteiger partial charge in [-0.05, 0) is 44.9 Å². The molecule has 1 atom stereocenters. The third kappa shape index (κ3) is 7.50. The number of guanidine groups is 1. The third-order valence-electron chi connectivity index (χ3n) is 3.42. The predicted molar refractivity (Wildman–Crippen MR) is 101 cm³/mol. The van der Waals surface area contributed by atoms with Crippen molar-refractivity contribution in [3.8, 4) is 0 Å². The van der Waals surface area contributed by atoms with Crippen LogP contribution in [0.5, 0.6) is 0 Å². The summed E-state index contributed by atoms with van der Waals surface area (Å²) in [5.41, 5.74) is 1.87. The van der Waals surface area contributed by atoms with Crippen LogP contribution in [0.4, 0.5) is 5.69 Å². The highest BCUT2D eigenvalue weighted by Crippen LogP contribution is 2.20. The summed E-state index contributed by atoms with van der Waals surface area (Å²) in [7, 11) is 0. The summed E-state index contributed by atoms with van der Waals surface area (Å²) in [6.07, 6.45) is 1.37. The van der Waals surface area contributed by atoms with Crippen LogP contribution in [0.3, 0.4) is 0 Å². The van der Waals surface area contributed by atoms with Gasteiger partial charge < -0.3 is 16.0 Å². The topological polar surface area (TPSA) is 65.5 Å². The van der Waals surface area contributed by atoms with E-state index in [1.165, 1.54) is 0 Å². The number of nitrogens with zero attached hydrogens (tertiary/aromatic N) is 1. The number of hydrogen-bond donors (Lipinski definition) is 3. The van der Waals surface area contributed by atoms with Gasteiger partial charge in [0.05, 0.1) is 6.54 Å². The van der Waals surface area contributed by atoms with E-state index < -0.39 is 0 Å². The smallest absolute Gasteiger partial charge is 0.226 e. The zero-order chi connectivity index (χ0) is 17.2. The molecule has 6 heteroatoms. The summed E-state index contributed by atoms with van der Waals surface area (Å²) in [5, 5.41) is 9.43. The van der Waals surface area contributed by atoms with E-state index in [-0.39, 0.29) is 5.91 Å². The minimum Gasteiger partial charge on any atom is -0.357 e.